The highest BCUT2D eigenvalue weighted by Crippen LogP contribution is 2.24. The van der Waals surface area contributed by atoms with Gasteiger partial charge in [0.2, 0.25) is 0 Å². The van der Waals surface area contributed by atoms with Gasteiger partial charge in [-0.1, -0.05) is 17.2 Å². The number of esters is 1. The van der Waals surface area contributed by atoms with Crippen LogP contribution in [0.3, 0.4) is 0 Å². The SMILES string of the molecule is Cc1cc(C(=O)ON2C(=O)c3ccccc3C2=O)cc(C(=O)OC(C)(C)C)c1. The lowest BCUT2D eigenvalue weighted by Crippen LogP contribution is -2.32. The highest BCUT2D eigenvalue weighted by Gasteiger charge is 2.38. The van der Waals surface area contributed by atoms with Gasteiger partial charge in [0.05, 0.1) is 22.3 Å². The zero-order valence-electron chi connectivity index (χ0n) is 15.9. The number of aryl methyl sites for hydroxylation is 1. The average molecular weight is 381 g/mol. The van der Waals surface area contributed by atoms with Gasteiger partial charge in [0.1, 0.15) is 5.60 Å². The highest BCUT2D eigenvalue weighted by molar-refractivity contribution is 6.21. The molecule has 1 aliphatic heterocycles. The number of amides is 2. The molecule has 0 saturated carbocycles. The first-order valence-electron chi connectivity index (χ1n) is 8.62. The summed E-state index contributed by atoms with van der Waals surface area (Å²) in [6, 6.07) is 10.6. The van der Waals surface area contributed by atoms with Crippen molar-refractivity contribution in [2.24, 2.45) is 0 Å². The van der Waals surface area contributed by atoms with Crippen LogP contribution in [-0.2, 0) is 9.57 Å². The van der Waals surface area contributed by atoms with E-state index in [1.807, 2.05) is 0 Å². The molecule has 0 fully saturated rings. The molecular weight excluding hydrogens is 362 g/mol. The van der Waals surface area contributed by atoms with Crippen LogP contribution in [0.5, 0.6) is 0 Å². The molecule has 0 radical (unpaired) electrons. The molecule has 144 valence electrons. The number of fused-ring (bicyclic) bond motifs is 1. The Morgan fingerprint density at radius 2 is 1.36 bits per heavy atom. The third kappa shape index (κ3) is 3.78. The molecule has 0 saturated heterocycles. The van der Waals surface area contributed by atoms with Gasteiger partial charge in [-0.2, -0.15) is 0 Å². The fourth-order valence-electron chi connectivity index (χ4n) is 2.74. The van der Waals surface area contributed by atoms with Gasteiger partial charge >= 0.3 is 11.9 Å². The van der Waals surface area contributed by atoms with Gasteiger partial charge in [-0.15, -0.1) is 0 Å². The number of carbonyl (C=O) groups excluding carboxylic acids is 4. The number of benzene rings is 2. The van der Waals surface area contributed by atoms with Gasteiger partial charge in [-0.25, -0.2) is 9.59 Å². The van der Waals surface area contributed by atoms with Crippen molar-refractivity contribution in [2.75, 3.05) is 0 Å². The molecule has 2 amide bonds. The number of nitrogens with zero attached hydrogens (tertiary/aromatic N) is 1. The second-order valence-corrected chi connectivity index (χ2v) is 7.42. The Balaban J connectivity index is 1.83. The minimum atomic E-state index is -0.928. The summed E-state index contributed by atoms with van der Waals surface area (Å²) in [5, 5.41) is 0.433. The van der Waals surface area contributed by atoms with E-state index in [-0.39, 0.29) is 22.3 Å². The van der Waals surface area contributed by atoms with Crippen molar-refractivity contribution in [3.63, 3.8) is 0 Å². The molecule has 1 aliphatic rings. The van der Waals surface area contributed by atoms with E-state index in [2.05, 4.69) is 0 Å². The van der Waals surface area contributed by atoms with E-state index in [0.717, 1.165) is 0 Å². The van der Waals surface area contributed by atoms with Crippen molar-refractivity contribution in [1.82, 2.24) is 5.06 Å². The molecule has 0 spiro atoms. The van der Waals surface area contributed by atoms with Crippen molar-refractivity contribution in [1.29, 1.82) is 0 Å². The molecule has 0 atom stereocenters. The van der Waals surface area contributed by atoms with Gasteiger partial charge in [0.15, 0.2) is 0 Å². The van der Waals surface area contributed by atoms with E-state index in [9.17, 15) is 19.2 Å². The summed E-state index contributed by atoms with van der Waals surface area (Å²) in [5.74, 6) is -2.95. The van der Waals surface area contributed by atoms with Gasteiger partial charge in [0.25, 0.3) is 11.8 Å². The number of hydrogen-bond donors (Lipinski definition) is 0. The van der Waals surface area contributed by atoms with Crippen molar-refractivity contribution >= 4 is 23.8 Å². The van der Waals surface area contributed by atoms with E-state index >= 15 is 0 Å². The summed E-state index contributed by atoms with van der Waals surface area (Å²) in [7, 11) is 0. The van der Waals surface area contributed by atoms with Crippen LogP contribution in [0, 0.1) is 6.92 Å². The van der Waals surface area contributed by atoms with Gasteiger partial charge in [0, 0.05) is 0 Å². The minimum Gasteiger partial charge on any atom is -0.456 e. The van der Waals surface area contributed by atoms with Crippen LogP contribution in [0.25, 0.3) is 0 Å². The molecule has 0 unspecified atom stereocenters. The Labute approximate surface area is 161 Å². The fraction of sp³-hybridized carbons (Fsp3) is 0.238. The topological polar surface area (TPSA) is 90.0 Å². The van der Waals surface area contributed by atoms with E-state index in [4.69, 9.17) is 9.57 Å². The van der Waals surface area contributed by atoms with E-state index in [1.165, 1.54) is 24.3 Å². The van der Waals surface area contributed by atoms with Crippen LogP contribution in [0.1, 0.15) is 67.8 Å². The summed E-state index contributed by atoms with van der Waals surface area (Å²) in [6.45, 7) is 6.90. The number of rotatable bonds is 3. The van der Waals surface area contributed by atoms with Crippen LogP contribution < -0.4 is 0 Å². The number of carbonyl (C=O) groups is 4. The maximum Gasteiger partial charge on any atom is 0.363 e. The van der Waals surface area contributed by atoms with Crippen molar-refractivity contribution < 1.29 is 28.8 Å². The monoisotopic (exact) mass is 381 g/mol. The second-order valence-electron chi connectivity index (χ2n) is 7.42. The lowest BCUT2D eigenvalue weighted by Gasteiger charge is -2.20. The second kappa shape index (κ2) is 6.92. The highest BCUT2D eigenvalue weighted by atomic mass is 16.7. The molecule has 0 aromatic heterocycles. The molecule has 1 heterocycles. The molecule has 0 aliphatic carbocycles. The average Bonchev–Trinajstić information content (AvgIpc) is 2.85. The van der Waals surface area contributed by atoms with Crippen molar-refractivity contribution in [3.8, 4) is 0 Å². The van der Waals surface area contributed by atoms with Gasteiger partial charge in [-0.05, 0) is 63.6 Å². The third-order valence-corrected chi connectivity index (χ3v) is 3.88. The predicted octanol–water partition coefficient (Wildman–Crippen LogP) is 3.32. The zero-order chi connectivity index (χ0) is 20.6. The predicted molar refractivity (Wildman–Crippen MR) is 98.7 cm³/mol. The summed E-state index contributed by atoms with van der Waals surface area (Å²) < 4.78 is 5.31. The Bertz CT molecular complexity index is 967. The summed E-state index contributed by atoms with van der Waals surface area (Å²) in [5.41, 5.74) is 0.457. The molecule has 3 rings (SSSR count). The largest absolute Gasteiger partial charge is 0.456 e. The Kier molecular flexibility index (Phi) is 4.77. The molecule has 0 bridgehead atoms. The van der Waals surface area contributed by atoms with Crippen molar-refractivity contribution in [3.05, 3.63) is 70.3 Å². The number of hydrogen-bond acceptors (Lipinski definition) is 6. The van der Waals surface area contributed by atoms with Gasteiger partial charge < -0.3 is 9.57 Å². The van der Waals surface area contributed by atoms with E-state index < -0.39 is 29.4 Å². The normalized spacial score (nSPS) is 13.4. The molecular formula is C21H19NO6. The smallest absolute Gasteiger partial charge is 0.363 e. The first kappa shape index (κ1) is 19.3. The van der Waals surface area contributed by atoms with E-state index in [1.54, 1.807) is 45.9 Å². The molecule has 28 heavy (non-hydrogen) atoms. The molecule has 7 nitrogen and oxygen atoms in total. The number of imide groups is 1. The van der Waals surface area contributed by atoms with Crippen LogP contribution in [0.15, 0.2) is 42.5 Å². The summed E-state index contributed by atoms with van der Waals surface area (Å²) in [4.78, 5) is 54.5. The van der Waals surface area contributed by atoms with E-state index in [0.29, 0.717) is 10.6 Å². The summed E-state index contributed by atoms with van der Waals surface area (Å²) >= 11 is 0. The van der Waals surface area contributed by atoms with Crippen LogP contribution in [0.4, 0.5) is 0 Å². The van der Waals surface area contributed by atoms with Gasteiger partial charge in [-0.3, -0.25) is 9.59 Å². The molecule has 2 aromatic rings. The number of hydroxylamine groups is 2. The fourth-order valence-corrected chi connectivity index (χ4v) is 2.74. The Hall–Kier alpha value is -3.48. The minimum absolute atomic E-state index is 0.0254. The number of ether oxygens (including phenoxy) is 1. The summed E-state index contributed by atoms with van der Waals surface area (Å²) in [6.07, 6.45) is 0. The Morgan fingerprint density at radius 1 is 0.857 bits per heavy atom. The molecule has 2 aromatic carbocycles. The lowest BCUT2D eigenvalue weighted by atomic mass is 10.1. The molecule has 0 N–H and O–H groups in total. The maximum atomic E-state index is 12.5. The van der Waals surface area contributed by atoms with Crippen molar-refractivity contribution in [2.45, 2.75) is 33.3 Å². The lowest BCUT2D eigenvalue weighted by molar-refractivity contribution is -0.0584. The Morgan fingerprint density at radius 3 is 1.86 bits per heavy atom. The standard InChI is InChI=1S/C21H19NO6/c1-12-9-13(19(25)27-21(2,3)4)11-14(10-12)20(26)28-22-17(23)15-7-5-6-8-16(15)18(22)24/h5-11H,1-4H3. The van der Waals surface area contributed by atoms with Crippen LogP contribution in [-0.4, -0.2) is 34.4 Å². The molecule has 7 heteroatoms. The van der Waals surface area contributed by atoms with Crippen LogP contribution >= 0.6 is 0 Å². The quantitative estimate of drug-likeness (QED) is 0.598. The first-order valence-corrected chi connectivity index (χ1v) is 8.62. The first-order chi connectivity index (χ1) is 13.1. The third-order valence-electron chi connectivity index (χ3n) is 3.88. The maximum absolute atomic E-state index is 12.5. The zero-order valence-corrected chi connectivity index (χ0v) is 15.9. The van der Waals surface area contributed by atoms with Crippen LogP contribution in [0.2, 0.25) is 0 Å².